The molecule has 0 spiro atoms. The summed E-state index contributed by atoms with van der Waals surface area (Å²) >= 11 is 0. The van der Waals surface area contributed by atoms with E-state index in [2.05, 4.69) is 63.2 Å². The second-order valence-electron chi connectivity index (χ2n) is 6.29. The molecular weight excluding hydrogens is 473 g/mol. The minimum Gasteiger partial charge on any atom is -0.202 e. The number of halogens is 6. The molecule has 0 aromatic heterocycles. The van der Waals surface area contributed by atoms with Crippen molar-refractivity contribution in [2.24, 2.45) is 0 Å². The number of nitrogens with zero attached hydrogens (tertiary/aromatic N) is 3. The van der Waals surface area contributed by atoms with Crippen molar-refractivity contribution in [1.29, 1.82) is 0 Å². The van der Waals surface area contributed by atoms with Gasteiger partial charge in [0.25, 0.3) is 0 Å². The molecule has 0 saturated carbocycles. The predicted octanol–water partition coefficient (Wildman–Crippen LogP) is 2.51. The Morgan fingerprint density at radius 2 is 1.00 bits per heavy atom. The van der Waals surface area contributed by atoms with Gasteiger partial charge in [-0.1, -0.05) is 17.5 Å². The van der Waals surface area contributed by atoms with Crippen LogP contribution in [-0.4, -0.2) is 90.3 Å². The van der Waals surface area contributed by atoms with Gasteiger partial charge in [0.1, 0.15) is 6.16 Å². The Balaban J connectivity index is 0. The summed E-state index contributed by atoms with van der Waals surface area (Å²) < 4.78 is 116. The van der Waals surface area contributed by atoms with Crippen LogP contribution in [-0.2, 0) is 20.0 Å². The van der Waals surface area contributed by atoms with Gasteiger partial charge in [0.15, 0.2) is 0 Å². The summed E-state index contributed by atoms with van der Waals surface area (Å²) in [4.78, 5) is 0. The lowest BCUT2D eigenvalue weighted by Gasteiger charge is -2.40. The van der Waals surface area contributed by atoms with E-state index >= 15 is 0 Å². The van der Waals surface area contributed by atoms with Crippen LogP contribution < -0.4 is 4.13 Å². The fourth-order valence-electron chi connectivity index (χ4n) is 2.28. The zero-order valence-electron chi connectivity index (χ0n) is 17.1. The average Bonchev–Trinajstić information content (AvgIpc) is 2.44. The van der Waals surface area contributed by atoms with E-state index in [4.69, 9.17) is 0 Å². The van der Waals surface area contributed by atoms with Crippen LogP contribution in [0.1, 0.15) is 19.8 Å². The molecule has 178 valence electrons. The summed E-state index contributed by atoms with van der Waals surface area (Å²) in [5, 5.41) is 0. The predicted molar refractivity (Wildman–Crippen MR) is 101 cm³/mol. The molecule has 17 heteroatoms. The number of alkyl halides is 6. The standard InChI is InChI=1S/C10H27N3P.C2HF6NO4S2/c1-8-9-10-14(11(2)3,12(4)5)13(6)7;3-1(4,5)14(10,11)9-15(12,13)2(6,7)8/h8-10H2,1-7H3;9H/q+1;. The molecular formula is C12H28F6N4O4PS2+. The molecule has 0 bridgehead atoms. The van der Waals surface area contributed by atoms with Crippen LogP contribution in [0, 0.1) is 0 Å². The van der Waals surface area contributed by atoms with Crippen LogP contribution in [0.4, 0.5) is 26.3 Å². The first kappa shape index (κ1) is 30.9. The second kappa shape index (κ2) is 10.9. The molecule has 8 nitrogen and oxygen atoms in total. The molecule has 29 heavy (non-hydrogen) atoms. The summed E-state index contributed by atoms with van der Waals surface area (Å²) in [6.45, 7) is 2.26. The number of nitrogens with one attached hydrogen (secondary N) is 1. The van der Waals surface area contributed by atoms with Crippen molar-refractivity contribution in [2.45, 2.75) is 30.8 Å². The van der Waals surface area contributed by atoms with Crippen molar-refractivity contribution in [1.82, 2.24) is 18.1 Å². The number of unbranched alkanes of at least 4 members (excludes halogenated alkanes) is 1. The topological polar surface area (TPSA) is 90.0 Å². The van der Waals surface area contributed by atoms with Crippen LogP contribution in [0.3, 0.4) is 0 Å². The normalized spacial score (nSPS) is 14.3. The fourth-order valence-corrected chi connectivity index (χ4v) is 8.28. The molecule has 0 unspecified atom stereocenters. The highest BCUT2D eigenvalue weighted by Crippen LogP contribution is 2.63. The van der Waals surface area contributed by atoms with E-state index in [-0.39, 0.29) is 0 Å². The Bertz CT molecular complexity index is 645. The van der Waals surface area contributed by atoms with E-state index in [1.807, 2.05) is 0 Å². The Labute approximate surface area is 168 Å². The van der Waals surface area contributed by atoms with E-state index < -0.39 is 42.9 Å². The summed E-state index contributed by atoms with van der Waals surface area (Å²) in [5.41, 5.74) is -12.3. The van der Waals surface area contributed by atoms with E-state index in [1.54, 1.807) is 0 Å². The first-order valence-electron chi connectivity index (χ1n) is 7.92. The molecule has 0 aliphatic rings. The summed E-state index contributed by atoms with van der Waals surface area (Å²) in [6, 6.07) is 0. The molecule has 0 atom stereocenters. The lowest BCUT2D eigenvalue weighted by atomic mass is 10.4. The maximum Gasteiger partial charge on any atom is 0.512 e. The van der Waals surface area contributed by atoms with E-state index in [9.17, 15) is 43.2 Å². The quantitative estimate of drug-likeness (QED) is 0.404. The van der Waals surface area contributed by atoms with Gasteiger partial charge in [0, 0.05) is 42.3 Å². The molecule has 0 radical (unpaired) electrons. The van der Waals surface area contributed by atoms with E-state index in [0.29, 0.717) is 0 Å². The average molecular weight is 501 g/mol. The third kappa shape index (κ3) is 8.42. The lowest BCUT2D eigenvalue weighted by Crippen LogP contribution is -2.45. The molecule has 0 aromatic rings. The van der Waals surface area contributed by atoms with Crippen molar-refractivity contribution < 1.29 is 43.2 Å². The number of rotatable bonds is 8. The highest BCUT2D eigenvalue weighted by molar-refractivity contribution is 8.05. The maximum absolute atomic E-state index is 11.5. The smallest absolute Gasteiger partial charge is 0.202 e. The highest BCUT2D eigenvalue weighted by atomic mass is 32.3. The van der Waals surface area contributed by atoms with E-state index in [1.165, 1.54) is 19.0 Å². The van der Waals surface area contributed by atoms with Gasteiger partial charge in [0.05, 0.1) is 0 Å². The van der Waals surface area contributed by atoms with Gasteiger partial charge in [-0.05, 0) is 6.42 Å². The molecule has 1 N–H and O–H groups in total. The molecule has 0 rings (SSSR count). The zero-order chi connectivity index (χ0) is 24.1. The van der Waals surface area contributed by atoms with Gasteiger partial charge in [-0.3, -0.25) is 0 Å². The van der Waals surface area contributed by atoms with Gasteiger partial charge >= 0.3 is 31.1 Å². The SMILES string of the molecule is CCCC[P+](N(C)C)(N(C)C)N(C)C.O=S(=O)(NS(=O)(=O)C(F)(F)F)C(F)(F)F. The van der Waals surface area contributed by atoms with Crippen LogP contribution in [0.15, 0.2) is 0 Å². The van der Waals surface area contributed by atoms with Gasteiger partial charge in [0.2, 0.25) is 7.71 Å². The largest absolute Gasteiger partial charge is 0.512 e. The van der Waals surface area contributed by atoms with Crippen LogP contribution in [0.2, 0.25) is 0 Å². The van der Waals surface area contributed by atoms with Crippen LogP contribution in [0.5, 0.6) is 0 Å². The van der Waals surface area contributed by atoms with Crippen LogP contribution >= 0.6 is 7.71 Å². The van der Waals surface area contributed by atoms with Gasteiger partial charge in [-0.25, -0.2) is 16.8 Å². The van der Waals surface area contributed by atoms with Crippen LogP contribution in [0.25, 0.3) is 0 Å². The summed E-state index contributed by atoms with van der Waals surface area (Å²) in [5.74, 6) is 0. The molecule has 0 aromatic carbocycles. The van der Waals surface area contributed by atoms with Gasteiger partial charge in [-0.2, -0.15) is 40.4 Å². The number of hydrogen-bond donors (Lipinski definition) is 1. The van der Waals surface area contributed by atoms with Crippen molar-refractivity contribution in [2.75, 3.05) is 48.4 Å². The Hall–Kier alpha value is -0.250. The fraction of sp³-hybridized carbons (Fsp3) is 1.00. The Morgan fingerprint density at radius 1 is 0.724 bits per heavy atom. The minimum atomic E-state index is -6.60. The Morgan fingerprint density at radius 3 is 1.17 bits per heavy atom. The number of sulfonamides is 2. The third-order valence-corrected chi connectivity index (χ3v) is 11.3. The molecule has 0 aliphatic heterocycles. The van der Waals surface area contributed by atoms with Crippen molar-refractivity contribution in [3.63, 3.8) is 0 Å². The summed E-state index contributed by atoms with van der Waals surface area (Å²) in [6.07, 6.45) is 3.87. The first-order valence-corrected chi connectivity index (χ1v) is 12.7. The molecule has 0 fully saturated rings. The van der Waals surface area contributed by atoms with Gasteiger partial charge < -0.3 is 0 Å². The highest BCUT2D eigenvalue weighted by Gasteiger charge is 2.55. The van der Waals surface area contributed by atoms with Gasteiger partial charge in [-0.15, -0.1) is 0 Å². The summed E-state index contributed by atoms with van der Waals surface area (Å²) in [7, 11) is -1.23. The third-order valence-electron chi connectivity index (χ3n) is 3.56. The Kier molecular flexibility index (Phi) is 11.6. The number of hydrogen-bond acceptors (Lipinski definition) is 7. The maximum atomic E-state index is 11.5. The second-order valence-corrected chi connectivity index (χ2v) is 14.1. The molecule has 0 heterocycles. The minimum absolute atomic E-state index is 0.493. The van der Waals surface area contributed by atoms with Crippen molar-refractivity contribution >= 4 is 27.8 Å². The zero-order valence-corrected chi connectivity index (χ0v) is 19.7. The van der Waals surface area contributed by atoms with E-state index in [0.717, 1.165) is 0 Å². The molecule has 0 aliphatic carbocycles. The van der Waals surface area contributed by atoms with Crippen molar-refractivity contribution in [3.8, 4) is 0 Å². The molecule has 0 amide bonds. The first-order chi connectivity index (χ1) is 12.6. The van der Waals surface area contributed by atoms with Crippen molar-refractivity contribution in [3.05, 3.63) is 0 Å². The molecule has 0 saturated heterocycles. The lowest BCUT2D eigenvalue weighted by molar-refractivity contribution is -0.0476. The monoisotopic (exact) mass is 501 g/mol.